The summed E-state index contributed by atoms with van der Waals surface area (Å²) in [5, 5.41) is 14.5. The van der Waals surface area contributed by atoms with Gasteiger partial charge in [-0.15, -0.1) is 0 Å². The van der Waals surface area contributed by atoms with Gasteiger partial charge in [0.05, 0.1) is 13.5 Å². The molecule has 1 amide bonds. The van der Waals surface area contributed by atoms with E-state index in [1.807, 2.05) is 67.6 Å². The molecule has 2 atom stereocenters. The highest BCUT2D eigenvalue weighted by atomic mass is 16.5. The van der Waals surface area contributed by atoms with Crippen LogP contribution in [0.25, 0.3) is 10.8 Å². The van der Waals surface area contributed by atoms with Gasteiger partial charge in [-0.1, -0.05) is 42.5 Å². The highest BCUT2D eigenvalue weighted by Gasteiger charge is 2.21. The van der Waals surface area contributed by atoms with Crippen LogP contribution >= 0.6 is 0 Å². The lowest BCUT2D eigenvalue weighted by Gasteiger charge is -2.20. The van der Waals surface area contributed by atoms with E-state index in [1.165, 1.54) is 0 Å². The number of amides is 1. The number of benzene rings is 3. The highest BCUT2D eigenvalue weighted by Crippen LogP contribution is 2.34. The molecule has 6 heteroatoms. The summed E-state index contributed by atoms with van der Waals surface area (Å²) in [5.74, 6) is 0.0263. The van der Waals surface area contributed by atoms with Gasteiger partial charge >= 0.3 is 5.97 Å². The molecule has 4 rings (SSSR count). The first-order valence-electron chi connectivity index (χ1n) is 11.9. The van der Waals surface area contributed by atoms with Gasteiger partial charge in [0.25, 0.3) is 5.91 Å². The monoisotopic (exact) mass is 473 g/mol. The Bertz CT molecular complexity index is 1250. The number of methoxy groups -OCH3 is 1. The number of fused-ring (bicyclic) bond motifs is 1. The maximum absolute atomic E-state index is 12.3. The molecule has 3 aromatic carbocycles. The van der Waals surface area contributed by atoms with Crippen molar-refractivity contribution in [2.45, 2.75) is 44.6 Å². The molecule has 6 nitrogen and oxygen atoms in total. The molecule has 0 aromatic heterocycles. The molecule has 0 radical (unpaired) electrons. The molecule has 1 aliphatic carbocycles. The van der Waals surface area contributed by atoms with Gasteiger partial charge in [-0.05, 0) is 77.9 Å². The molecule has 0 fully saturated rings. The van der Waals surface area contributed by atoms with Gasteiger partial charge in [-0.25, -0.2) is 0 Å². The second-order valence-electron chi connectivity index (χ2n) is 8.96. The molecule has 0 spiro atoms. The number of ether oxygens (including phenoxy) is 2. The number of aryl methyl sites for hydroxylation is 1. The molecule has 182 valence electrons. The summed E-state index contributed by atoms with van der Waals surface area (Å²) in [6.45, 7) is 1.91. The molecule has 3 aromatic rings. The molecular formula is C29H31NO5. The molecule has 0 saturated carbocycles. The molecule has 1 aliphatic rings. The third-order valence-electron chi connectivity index (χ3n) is 6.44. The van der Waals surface area contributed by atoms with Crippen molar-refractivity contribution in [2.24, 2.45) is 0 Å². The summed E-state index contributed by atoms with van der Waals surface area (Å²) in [5.41, 5.74) is 2.84. The quantitative estimate of drug-likeness (QED) is 0.408. The van der Waals surface area contributed by atoms with Crippen LogP contribution in [0.3, 0.4) is 0 Å². The van der Waals surface area contributed by atoms with Crippen LogP contribution in [-0.4, -0.2) is 36.7 Å². The van der Waals surface area contributed by atoms with Crippen molar-refractivity contribution < 1.29 is 24.2 Å². The maximum atomic E-state index is 12.3. The Morgan fingerprint density at radius 3 is 2.57 bits per heavy atom. The molecule has 2 unspecified atom stereocenters. The first-order valence-corrected chi connectivity index (χ1v) is 11.9. The van der Waals surface area contributed by atoms with Crippen molar-refractivity contribution >= 4 is 22.6 Å². The van der Waals surface area contributed by atoms with E-state index in [0.717, 1.165) is 52.5 Å². The first kappa shape index (κ1) is 24.3. The van der Waals surface area contributed by atoms with E-state index in [1.54, 1.807) is 7.11 Å². The number of hydrogen-bond donors (Lipinski definition) is 2. The number of carbonyl (C=O) groups is 2. The van der Waals surface area contributed by atoms with Crippen LogP contribution in [0.2, 0.25) is 0 Å². The standard InChI is InChI=1S/C29H31NO5/c1-19-14-24(34-2)12-13-26(19)27(17-29(32)33)21-9-8-20-10-11-25(16-22(20)15-21)35-18-28(31)30-23-6-4-3-5-7-23/h4,6,8-16,23,27H,3,5,7,17-18H2,1-2H3,(H,30,31)(H,32,33). The minimum Gasteiger partial charge on any atom is -0.497 e. The molecule has 0 saturated heterocycles. The second-order valence-corrected chi connectivity index (χ2v) is 8.96. The van der Waals surface area contributed by atoms with Gasteiger partial charge in [0.1, 0.15) is 11.5 Å². The minimum absolute atomic E-state index is 0.0232. The average molecular weight is 474 g/mol. The Morgan fingerprint density at radius 2 is 1.86 bits per heavy atom. The van der Waals surface area contributed by atoms with Gasteiger partial charge in [0, 0.05) is 12.0 Å². The van der Waals surface area contributed by atoms with Crippen LogP contribution in [0.4, 0.5) is 0 Å². The van der Waals surface area contributed by atoms with Crippen molar-refractivity contribution in [1.29, 1.82) is 0 Å². The number of nitrogens with one attached hydrogen (secondary N) is 1. The third-order valence-corrected chi connectivity index (χ3v) is 6.44. The smallest absolute Gasteiger partial charge is 0.304 e. The second kappa shape index (κ2) is 11.1. The normalized spacial score (nSPS) is 16.0. The van der Waals surface area contributed by atoms with E-state index in [9.17, 15) is 14.7 Å². The number of allylic oxidation sites excluding steroid dienone is 1. The Morgan fingerprint density at radius 1 is 1.06 bits per heavy atom. The summed E-state index contributed by atoms with van der Waals surface area (Å²) in [6.07, 6.45) is 7.21. The summed E-state index contributed by atoms with van der Waals surface area (Å²) < 4.78 is 11.1. The van der Waals surface area contributed by atoms with E-state index in [2.05, 4.69) is 11.4 Å². The number of carboxylic acids is 1. The van der Waals surface area contributed by atoms with E-state index in [-0.39, 0.29) is 30.9 Å². The molecule has 35 heavy (non-hydrogen) atoms. The summed E-state index contributed by atoms with van der Waals surface area (Å²) in [6, 6.07) is 17.5. The van der Waals surface area contributed by atoms with E-state index >= 15 is 0 Å². The third kappa shape index (κ3) is 6.21. The van der Waals surface area contributed by atoms with E-state index in [4.69, 9.17) is 9.47 Å². The lowest BCUT2D eigenvalue weighted by atomic mass is 9.85. The van der Waals surface area contributed by atoms with Crippen LogP contribution in [0.15, 0.2) is 66.7 Å². The number of rotatable bonds is 9. The van der Waals surface area contributed by atoms with Crippen LogP contribution in [0.5, 0.6) is 11.5 Å². The van der Waals surface area contributed by atoms with Crippen molar-refractivity contribution in [3.63, 3.8) is 0 Å². The zero-order valence-electron chi connectivity index (χ0n) is 20.1. The summed E-state index contributed by atoms with van der Waals surface area (Å²) in [4.78, 5) is 24.0. The highest BCUT2D eigenvalue weighted by molar-refractivity contribution is 5.85. The fourth-order valence-electron chi connectivity index (χ4n) is 4.63. The Labute approximate surface area is 205 Å². The molecule has 2 N–H and O–H groups in total. The van der Waals surface area contributed by atoms with Gasteiger partial charge in [-0.2, -0.15) is 0 Å². The minimum atomic E-state index is -0.860. The fourth-order valence-corrected chi connectivity index (χ4v) is 4.63. The largest absolute Gasteiger partial charge is 0.497 e. The summed E-state index contributed by atoms with van der Waals surface area (Å²) >= 11 is 0. The Hall–Kier alpha value is -3.80. The Balaban J connectivity index is 1.54. The predicted octanol–water partition coefficient (Wildman–Crippen LogP) is 5.37. The molecular weight excluding hydrogens is 442 g/mol. The predicted molar refractivity (Wildman–Crippen MR) is 136 cm³/mol. The number of aliphatic carboxylic acids is 1. The zero-order valence-corrected chi connectivity index (χ0v) is 20.1. The van der Waals surface area contributed by atoms with Crippen molar-refractivity contribution in [3.05, 3.63) is 83.4 Å². The number of hydrogen-bond acceptors (Lipinski definition) is 4. The zero-order chi connectivity index (χ0) is 24.8. The van der Waals surface area contributed by atoms with Gasteiger partial charge in [0.2, 0.25) is 0 Å². The number of carbonyl (C=O) groups excluding carboxylic acids is 1. The molecule has 0 heterocycles. The lowest BCUT2D eigenvalue weighted by Crippen LogP contribution is -2.37. The van der Waals surface area contributed by atoms with Crippen LogP contribution in [0, 0.1) is 6.92 Å². The topological polar surface area (TPSA) is 84.9 Å². The summed E-state index contributed by atoms with van der Waals surface area (Å²) in [7, 11) is 1.61. The maximum Gasteiger partial charge on any atom is 0.304 e. The van der Waals surface area contributed by atoms with Crippen molar-refractivity contribution in [1.82, 2.24) is 5.32 Å². The fraction of sp³-hybridized carbons (Fsp3) is 0.310. The SMILES string of the molecule is COc1ccc(C(CC(=O)O)c2ccc3ccc(OCC(=O)NC4C=CCCC4)cc3c2)c(C)c1. The number of carboxylic acid groups (broad SMARTS) is 1. The van der Waals surface area contributed by atoms with Gasteiger partial charge in [0.15, 0.2) is 6.61 Å². The molecule has 0 bridgehead atoms. The Kier molecular flexibility index (Phi) is 7.70. The van der Waals surface area contributed by atoms with Crippen molar-refractivity contribution in [2.75, 3.05) is 13.7 Å². The van der Waals surface area contributed by atoms with Crippen LogP contribution in [-0.2, 0) is 9.59 Å². The average Bonchev–Trinajstić information content (AvgIpc) is 2.86. The van der Waals surface area contributed by atoms with Gasteiger partial charge < -0.3 is 19.9 Å². The van der Waals surface area contributed by atoms with Crippen LogP contribution in [0.1, 0.15) is 48.3 Å². The first-order chi connectivity index (χ1) is 16.9. The van der Waals surface area contributed by atoms with E-state index < -0.39 is 5.97 Å². The van der Waals surface area contributed by atoms with E-state index in [0.29, 0.717) is 5.75 Å². The van der Waals surface area contributed by atoms with Crippen LogP contribution < -0.4 is 14.8 Å². The van der Waals surface area contributed by atoms with Gasteiger partial charge in [-0.3, -0.25) is 9.59 Å². The van der Waals surface area contributed by atoms with Crippen molar-refractivity contribution in [3.8, 4) is 11.5 Å². The lowest BCUT2D eigenvalue weighted by molar-refractivity contribution is -0.137. The molecule has 0 aliphatic heterocycles.